The number of hydrogen-bond donors (Lipinski definition) is 0. The van der Waals surface area contributed by atoms with Crippen molar-refractivity contribution in [2.75, 3.05) is 0 Å². The molecule has 0 bridgehead atoms. The first-order valence-electron chi connectivity index (χ1n) is 11.3. The Kier molecular flexibility index (Phi) is 6.18. The SMILES string of the molecule is C=C[Si]1(c2ccccc2)O[Si](C=C)(c2ccccc2)O[Si](c2ccccc2)(c2ccccc2)O1. The lowest BCUT2D eigenvalue weighted by Gasteiger charge is -2.51. The molecule has 0 aromatic heterocycles. The third kappa shape index (κ3) is 3.80. The third-order valence-electron chi connectivity index (χ3n) is 6.09. The summed E-state index contributed by atoms with van der Waals surface area (Å²) in [5, 5.41) is 4.08. The lowest BCUT2D eigenvalue weighted by molar-refractivity contribution is 0.266. The van der Waals surface area contributed by atoms with Crippen LogP contribution in [0.15, 0.2) is 146 Å². The second-order valence-corrected chi connectivity index (χ2v) is 17.6. The Bertz CT molecular complexity index is 1170. The molecule has 34 heavy (non-hydrogen) atoms. The van der Waals surface area contributed by atoms with Crippen molar-refractivity contribution in [3.8, 4) is 0 Å². The molecule has 1 aliphatic rings. The second kappa shape index (κ2) is 9.27. The summed E-state index contributed by atoms with van der Waals surface area (Å²) < 4.78 is 21.6. The molecular weight excluding hydrogens is 469 g/mol. The zero-order chi connectivity index (χ0) is 23.5. The standard InChI is InChI=1S/C28H26O3Si3/c1-3-32(25-17-9-5-10-18-25)29-33(4-2,26-19-11-6-12-20-26)31-34(30-32,27-21-13-7-14-22-27)28-23-15-8-16-24-28/h3-24H,1-2H2. The molecule has 6 heteroatoms. The maximum Gasteiger partial charge on any atom is 0.390 e. The Morgan fingerprint density at radius 2 is 0.706 bits per heavy atom. The Morgan fingerprint density at radius 1 is 0.412 bits per heavy atom. The van der Waals surface area contributed by atoms with Crippen LogP contribution in [0.3, 0.4) is 0 Å². The minimum absolute atomic E-state index is 1.01. The van der Waals surface area contributed by atoms with Crippen molar-refractivity contribution in [2.24, 2.45) is 0 Å². The van der Waals surface area contributed by atoms with Gasteiger partial charge in [0, 0.05) is 0 Å². The monoisotopic (exact) mass is 494 g/mol. The molecule has 5 rings (SSSR count). The molecule has 3 nitrogen and oxygen atoms in total. The Morgan fingerprint density at radius 3 is 1.00 bits per heavy atom. The Balaban J connectivity index is 1.84. The molecule has 1 fully saturated rings. The van der Waals surface area contributed by atoms with Crippen LogP contribution in [0.1, 0.15) is 0 Å². The normalized spacial score (nSPS) is 23.6. The molecule has 2 unspecified atom stereocenters. The van der Waals surface area contributed by atoms with E-state index in [1.54, 1.807) is 0 Å². The van der Waals surface area contributed by atoms with Crippen molar-refractivity contribution >= 4 is 46.4 Å². The predicted octanol–water partition coefficient (Wildman–Crippen LogP) is 3.46. The van der Waals surface area contributed by atoms with E-state index < -0.39 is 25.7 Å². The summed E-state index contributed by atoms with van der Waals surface area (Å²) in [6.07, 6.45) is 0. The maximum atomic E-state index is 7.25. The van der Waals surface area contributed by atoms with Crippen LogP contribution in [-0.2, 0) is 12.3 Å². The third-order valence-corrected chi connectivity index (χ3v) is 18.8. The average Bonchev–Trinajstić information content (AvgIpc) is 2.94. The van der Waals surface area contributed by atoms with Gasteiger partial charge in [-0.05, 0) is 32.1 Å². The molecule has 4 aromatic carbocycles. The van der Waals surface area contributed by atoms with Gasteiger partial charge < -0.3 is 12.3 Å². The molecule has 1 heterocycles. The quantitative estimate of drug-likeness (QED) is 0.384. The van der Waals surface area contributed by atoms with Gasteiger partial charge in [-0.3, -0.25) is 0 Å². The van der Waals surface area contributed by atoms with Gasteiger partial charge in [0.15, 0.2) is 0 Å². The van der Waals surface area contributed by atoms with E-state index in [0.717, 1.165) is 20.7 Å². The van der Waals surface area contributed by atoms with Crippen molar-refractivity contribution in [2.45, 2.75) is 0 Å². The fraction of sp³-hybridized carbons (Fsp3) is 0. The lowest BCUT2D eigenvalue weighted by Crippen LogP contribution is -2.82. The van der Waals surface area contributed by atoms with Crippen molar-refractivity contribution in [1.29, 1.82) is 0 Å². The summed E-state index contributed by atoms with van der Waals surface area (Å²) in [4.78, 5) is 0. The molecule has 0 amide bonds. The molecule has 0 saturated carbocycles. The zero-order valence-corrected chi connectivity index (χ0v) is 21.8. The smallest absolute Gasteiger partial charge is 0.390 e. The van der Waals surface area contributed by atoms with E-state index in [2.05, 4.69) is 61.7 Å². The van der Waals surface area contributed by atoms with E-state index >= 15 is 0 Å². The van der Waals surface area contributed by atoms with E-state index in [-0.39, 0.29) is 0 Å². The van der Waals surface area contributed by atoms with Crippen molar-refractivity contribution in [3.05, 3.63) is 146 Å². The molecule has 0 aliphatic carbocycles. The molecule has 2 atom stereocenters. The van der Waals surface area contributed by atoms with Gasteiger partial charge in [0.2, 0.25) is 0 Å². The molecule has 1 saturated heterocycles. The summed E-state index contributed by atoms with van der Waals surface area (Å²) in [5.74, 6) is 0. The van der Waals surface area contributed by atoms with Crippen LogP contribution in [-0.4, -0.2) is 25.7 Å². The summed E-state index contributed by atoms with van der Waals surface area (Å²) in [7, 11) is -9.62. The highest BCUT2D eigenvalue weighted by molar-refractivity contribution is 7.12. The molecular formula is C28H26O3Si3. The van der Waals surface area contributed by atoms with Gasteiger partial charge in [-0.25, -0.2) is 0 Å². The van der Waals surface area contributed by atoms with Crippen LogP contribution in [0, 0.1) is 0 Å². The minimum Gasteiger partial charge on any atom is -0.403 e. The highest BCUT2D eigenvalue weighted by atomic mass is 28.5. The van der Waals surface area contributed by atoms with Gasteiger partial charge in [-0.15, -0.1) is 13.2 Å². The molecule has 0 spiro atoms. The first-order valence-corrected chi connectivity index (χ1v) is 16.9. The summed E-state index contributed by atoms with van der Waals surface area (Å²) >= 11 is 0. The van der Waals surface area contributed by atoms with Crippen LogP contribution in [0.4, 0.5) is 0 Å². The van der Waals surface area contributed by atoms with Crippen molar-refractivity contribution < 1.29 is 12.3 Å². The van der Waals surface area contributed by atoms with E-state index in [0.29, 0.717) is 0 Å². The van der Waals surface area contributed by atoms with Crippen molar-refractivity contribution in [1.82, 2.24) is 0 Å². The molecule has 0 radical (unpaired) electrons. The molecule has 168 valence electrons. The van der Waals surface area contributed by atoms with Gasteiger partial charge >= 0.3 is 25.7 Å². The number of hydrogen-bond acceptors (Lipinski definition) is 3. The first kappa shape index (κ1) is 22.7. The van der Waals surface area contributed by atoms with E-state index in [1.165, 1.54) is 0 Å². The van der Waals surface area contributed by atoms with Gasteiger partial charge in [-0.2, -0.15) is 0 Å². The Labute approximate surface area is 204 Å². The molecule has 0 N–H and O–H groups in total. The van der Waals surface area contributed by atoms with Gasteiger partial charge in [-0.1, -0.05) is 121 Å². The largest absolute Gasteiger partial charge is 0.403 e. The summed E-state index contributed by atoms with van der Waals surface area (Å²) in [6, 6.07) is 40.9. The fourth-order valence-corrected chi connectivity index (χ4v) is 19.7. The zero-order valence-electron chi connectivity index (χ0n) is 18.8. The topological polar surface area (TPSA) is 27.7 Å². The first-order chi connectivity index (χ1) is 16.7. The van der Waals surface area contributed by atoms with Gasteiger partial charge in [0.25, 0.3) is 0 Å². The van der Waals surface area contributed by atoms with Crippen LogP contribution in [0.25, 0.3) is 0 Å². The maximum absolute atomic E-state index is 7.25. The van der Waals surface area contributed by atoms with Crippen LogP contribution in [0.5, 0.6) is 0 Å². The Hall–Kier alpha value is -3.11. The van der Waals surface area contributed by atoms with E-state index in [4.69, 9.17) is 12.3 Å². The molecule has 4 aromatic rings. The highest BCUT2D eigenvalue weighted by Gasteiger charge is 2.64. The van der Waals surface area contributed by atoms with Crippen LogP contribution >= 0.6 is 0 Å². The van der Waals surface area contributed by atoms with Crippen LogP contribution in [0.2, 0.25) is 0 Å². The van der Waals surface area contributed by atoms with Gasteiger partial charge in [0.05, 0.1) is 0 Å². The minimum atomic E-state index is -3.26. The number of rotatable bonds is 6. The van der Waals surface area contributed by atoms with Crippen LogP contribution < -0.4 is 20.7 Å². The fourth-order valence-electron chi connectivity index (χ4n) is 4.41. The summed E-state index contributed by atoms with van der Waals surface area (Å²) in [6.45, 7) is 8.49. The predicted molar refractivity (Wildman–Crippen MR) is 145 cm³/mol. The second-order valence-electron chi connectivity index (χ2n) is 8.13. The lowest BCUT2D eigenvalue weighted by atomic mass is 10.4. The van der Waals surface area contributed by atoms with E-state index in [9.17, 15) is 0 Å². The number of benzene rings is 4. The van der Waals surface area contributed by atoms with Gasteiger partial charge in [0.1, 0.15) is 0 Å². The average molecular weight is 495 g/mol. The summed E-state index contributed by atoms with van der Waals surface area (Å²) in [5.41, 5.74) is 3.79. The van der Waals surface area contributed by atoms with E-state index in [1.807, 2.05) is 84.2 Å². The van der Waals surface area contributed by atoms with Crippen molar-refractivity contribution in [3.63, 3.8) is 0 Å². The molecule has 1 aliphatic heterocycles. The highest BCUT2D eigenvalue weighted by Crippen LogP contribution is 2.32.